The molecule has 0 heterocycles. The van der Waals surface area contributed by atoms with Crippen LogP contribution in [0.3, 0.4) is 0 Å². The van der Waals surface area contributed by atoms with Gasteiger partial charge in [-0.15, -0.1) is 0 Å². The van der Waals surface area contributed by atoms with Crippen molar-refractivity contribution in [1.82, 2.24) is 0 Å². The van der Waals surface area contributed by atoms with Crippen LogP contribution in [0.5, 0.6) is 0 Å². The lowest BCUT2D eigenvalue weighted by Crippen LogP contribution is -2.30. The summed E-state index contributed by atoms with van der Waals surface area (Å²) in [6.07, 6.45) is 0. The molecule has 0 spiro atoms. The van der Waals surface area contributed by atoms with E-state index in [1.165, 1.54) is 0 Å². The maximum Gasteiger partial charge on any atom is 0.233 e. The molecule has 0 aliphatic rings. The van der Waals surface area contributed by atoms with E-state index in [1.807, 2.05) is 43.3 Å². The van der Waals surface area contributed by atoms with Gasteiger partial charge in [-0.1, -0.05) is 63.6 Å². The lowest BCUT2D eigenvalue weighted by atomic mass is 9.86. The second kappa shape index (κ2) is 8.13. The van der Waals surface area contributed by atoms with Crippen LogP contribution in [0.25, 0.3) is 0 Å². The summed E-state index contributed by atoms with van der Waals surface area (Å²) in [4.78, 5) is 12.6. The van der Waals surface area contributed by atoms with Gasteiger partial charge in [0, 0.05) is 11.4 Å². The lowest BCUT2D eigenvalue weighted by Gasteiger charge is -2.23. The molecule has 2 aromatic carbocycles. The molecule has 2 rings (SSSR count). The molecule has 1 unspecified atom stereocenters. The normalized spacial score (nSPS) is 13.1. The zero-order valence-corrected chi connectivity index (χ0v) is 17.4. The highest BCUT2D eigenvalue weighted by Crippen LogP contribution is 2.29. The average Bonchev–Trinajstić information content (AvgIpc) is 2.55. The zero-order valence-electron chi connectivity index (χ0n) is 16.5. The summed E-state index contributed by atoms with van der Waals surface area (Å²) in [6.45, 7) is 9.75. The van der Waals surface area contributed by atoms with Gasteiger partial charge in [0.15, 0.2) is 0 Å². The summed E-state index contributed by atoms with van der Waals surface area (Å²) < 4.78 is 27.3. The van der Waals surface area contributed by atoms with Gasteiger partial charge in [-0.05, 0) is 36.1 Å². The lowest BCUT2D eigenvalue weighted by molar-refractivity contribution is -0.118. The Morgan fingerprint density at radius 1 is 1.04 bits per heavy atom. The van der Waals surface area contributed by atoms with E-state index in [0.29, 0.717) is 11.4 Å². The predicted molar refractivity (Wildman–Crippen MR) is 112 cm³/mol. The molecule has 6 heteroatoms. The van der Waals surface area contributed by atoms with Crippen LogP contribution in [-0.2, 0) is 20.2 Å². The topological polar surface area (TPSA) is 75.3 Å². The maximum absolute atomic E-state index is 12.6. The van der Waals surface area contributed by atoms with E-state index >= 15 is 0 Å². The Bertz CT molecular complexity index is 898. The summed E-state index contributed by atoms with van der Waals surface area (Å²) >= 11 is 0. The average molecular weight is 389 g/mol. The molecule has 0 aliphatic heterocycles. The molecule has 0 radical (unpaired) electrons. The van der Waals surface area contributed by atoms with Crippen LogP contribution in [-0.4, -0.2) is 20.1 Å². The van der Waals surface area contributed by atoms with Crippen molar-refractivity contribution in [2.75, 3.05) is 15.8 Å². The van der Waals surface area contributed by atoms with Crippen molar-refractivity contribution in [2.24, 2.45) is 5.92 Å². The van der Waals surface area contributed by atoms with Gasteiger partial charge in [-0.3, -0.25) is 9.52 Å². The minimum Gasteiger partial charge on any atom is -0.326 e. The van der Waals surface area contributed by atoms with Gasteiger partial charge in [-0.2, -0.15) is 0 Å². The Kier molecular flexibility index (Phi) is 6.31. The number of para-hydroxylation sites is 1. The van der Waals surface area contributed by atoms with Gasteiger partial charge < -0.3 is 5.32 Å². The first kappa shape index (κ1) is 21.0. The third kappa shape index (κ3) is 6.10. The van der Waals surface area contributed by atoms with Gasteiger partial charge in [0.1, 0.15) is 0 Å². The Morgan fingerprint density at radius 2 is 1.63 bits per heavy atom. The first-order valence-electron chi connectivity index (χ1n) is 8.95. The number of rotatable bonds is 6. The quantitative estimate of drug-likeness (QED) is 0.774. The molecule has 2 aromatic rings. The second-order valence-electron chi connectivity index (χ2n) is 7.94. The third-order valence-corrected chi connectivity index (χ3v) is 5.72. The minimum atomic E-state index is -3.63. The van der Waals surface area contributed by atoms with Gasteiger partial charge in [0.2, 0.25) is 15.9 Å². The predicted octanol–water partition coefficient (Wildman–Crippen LogP) is 4.31. The standard InChI is InChI=1S/C21H28N2O3S/c1-15-10-12-17(13-11-15)23-27(25,26)14-16(2)20(24)22-19-9-7-6-8-18(19)21(3,4)5/h6-13,16,23H,14H2,1-5H3,(H,22,24). The van der Waals surface area contributed by atoms with E-state index in [0.717, 1.165) is 11.1 Å². The molecule has 0 aliphatic carbocycles. The van der Waals surface area contributed by atoms with E-state index in [-0.39, 0.29) is 17.1 Å². The molecule has 27 heavy (non-hydrogen) atoms. The van der Waals surface area contributed by atoms with Crippen LogP contribution < -0.4 is 10.0 Å². The molecule has 2 N–H and O–H groups in total. The van der Waals surface area contributed by atoms with Gasteiger partial charge in [0.25, 0.3) is 0 Å². The fraction of sp³-hybridized carbons (Fsp3) is 0.381. The summed E-state index contributed by atoms with van der Waals surface area (Å²) in [5, 5.41) is 2.88. The molecule has 0 saturated carbocycles. The second-order valence-corrected chi connectivity index (χ2v) is 9.70. The number of amides is 1. The van der Waals surface area contributed by atoms with E-state index < -0.39 is 15.9 Å². The largest absolute Gasteiger partial charge is 0.326 e. The highest BCUT2D eigenvalue weighted by molar-refractivity contribution is 7.92. The van der Waals surface area contributed by atoms with E-state index in [4.69, 9.17) is 0 Å². The highest BCUT2D eigenvalue weighted by atomic mass is 32.2. The molecule has 0 saturated heterocycles. The number of nitrogens with one attached hydrogen (secondary N) is 2. The number of carbonyl (C=O) groups excluding carboxylic acids is 1. The number of benzene rings is 2. The highest BCUT2D eigenvalue weighted by Gasteiger charge is 2.24. The number of anilines is 2. The van der Waals surface area contributed by atoms with Crippen molar-refractivity contribution >= 4 is 27.3 Å². The molecule has 1 amide bonds. The Labute approximate surface area is 162 Å². The van der Waals surface area contributed by atoms with Crippen LogP contribution in [0, 0.1) is 12.8 Å². The first-order chi connectivity index (χ1) is 12.5. The Balaban J connectivity index is 2.06. The summed E-state index contributed by atoms with van der Waals surface area (Å²) in [6, 6.07) is 14.7. The number of carbonyl (C=O) groups is 1. The molecule has 0 aromatic heterocycles. The maximum atomic E-state index is 12.6. The summed E-state index contributed by atoms with van der Waals surface area (Å²) in [7, 11) is -3.63. The monoisotopic (exact) mass is 388 g/mol. The third-order valence-electron chi connectivity index (χ3n) is 4.23. The van der Waals surface area contributed by atoms with Crippen molar-refractivity contribution in [3.63, 3.8) is 0 Å². The molecular weight excluding hydrogens is 360 g/mol. The van der Waals surface area contributed by atoms with Crippen LogP contribution in [0.4, 0.5) is 11.4 Å². The number of aryl methyl sites for hydroxylation is 1. The number of hydrogen-bond donors (Lipinski definition) is 2. The van der Waals surface area contributed by atoms with E-state index in [2.05, 4.69) is 30.8 Å². The van der Waals surface area contributed by atoms with Gasteiger partial charge in [-0.25, -0.2) is 8.42 Å². The van der Waals surface area contributed by atoms with E-state index in [9.17, 15) is 13.2 Å². The minimum absolute atomic E-state index is 0.133. The smallest absolute Gasteiger partial charge is 0.233 e. The molecule has 0 bridgehead atoms. The summed E-state index contributed by atoms with van der Waals surface area (Å²) in [5.74, 6) is -1.30. The zero-order chi connectivity index (χ0) is 20.2. The van der Waals surface area contributed by atoms with Crippen molar-refractivity contribution < 1.29 is 13.2 Å². The van der Waals surface area contributed by atoms with Crippen LogP contribution in [0.2, 0.25) is 0 Å². The molecule has 146 valence electrons. The fourth-order valence-corrected chi connectivity index (χ4v) is 4.14. The van der Waals surface area contributed by atoms with Gasteiger partial charge in [0.05, 0.1) is 11.7 Å². The molecule has 1 atom stereocenters. The molecular formula is C21H28N2O3S. The van der Waals surface area contributed by atoms with Crippen LogP contribution >= 0.6 is 0 Å². The van der Waals surface area contributed by atoms with Crippen molar-refractivity contribution in [1.29, 1.82) is 0 Å². The fourth-order valence-electron chi connectivity index (χ4n) is 2.75. The number of sulfonamides is 1. The molecule has 0 fully saturated rings. The number of hydrogen-bond acceptors (Lipinski definition) is 3. The first-order valence-corrected chi connectivity index (χ1v) is 10.6. The van der Waals surface area contributed by atoms with Crippen molar-refractivity contribution in [3.05, 3.63) is 59.7 Å². The molecule has 5 nitrogen and oxygen atoms in total. The van der Waals surface area contributed by atoms with Gasteiger partial charge >= 0.3 is 0 Å². The Hall–Kier alpha value is -2.34. The SMILES string of the molecule is Cc1ccc(NS(=O)(=O)CC(C)C(=O)Nc2ccccc2C(C)(C)C)cc1. The van der Waals surface area contributed by atoms with Crippen LogP contribution in [0.1, 0.15) is 38.8 Å². The van der Waals surface area contributed by atoms with Crippen molar-refractivity contribution in [3.8, 4) is 0 Å². The van der Waals surface area contributed by atoms with Crippen molar-refractivity contribution in [2.45, 2.75) is 40.0 Å². The Morgan fingerprint density at radius 3 is 2.22 bits per heavy atom. The van der Waals surface area contributed by atoms with E-state index in [1.54, 1.807) is 19.1 Å². The van der Waals surface area contributed by atoms with Crippen LogP contribution in [0.15, 0.2) is 48.5 Å². The summed E-state index contributed by atoms with van der Waals surface area (Å²) in [5.41, 5.74) is 3.12.